The van der Waals surface area contributed by atoms with Gasteiger partial charge in [-0.25, -0.2) is 4.79 Å². The van der Waals surface area contributed by atoms with Crippen molar-refractivity contribution < 1.29 is 19.1 Å². The Morgan fingerprint density at radius 2 is 1.81 bits per heavy atom. The molecule has 0 aliphatic heterocycles. The number of benzene rings is 2. The second-order valence-electron chi connectivity index (χ2n) is 6.56. The van der Waals surface area contributed by atoms with Crippen LogP contribution in [0.4, 0.5) is 5.69 Å². The summed E-state index contributed by atoms with van der Waals surface area (Å²) < 4.78 is 5.86. The predicted molar refractivity (Wildman–Crippen MR) is 100 cm³/mol. The number of carbonyl (C=O) groups excluding carboxylic acids is 1. The van der Waals surface area contributed by atoms with Crippen molar-refractivity contribution in [3.05, 3.63) is 75.1 Å². The van der Waals surface area contributed by atoms with Crippen molar-refractivity contribution in [2.75, 3.05) is 5.32 Å². The molecule has 6 nitrogen and oxygen atoms in total. The van der Waals surface area contributed by atoms with Gasteiger partial charge in [-0.3, -0.25) is 9.59 Å². The topological polar surface area (TPSA) is 96.6 Å². The van der Waals surface area contributed by atoms with Crippen LogP contribution < -0.4 is 10.7 Å². The predicted octanol–water partition coefficient (Wildman–Crippen LogP) is 3.62. The summed E-state index contributed by atoms with van der Waals surface area (Å²) in [5.41, 5.74) is 1.54. The Morgan fingerprint density at radius 1 is 1.04 bits per heavy atom. The molecule has 136 valence electrons. The van der Waals surface area contributed by atoms with E-state index in [0.29, 0.717) is 23.0 Å². The molecule has 1 aliphatic rings. The molecule has 2 aromatic carbocycles. The van der Waals surface area contributed by atoms with Crippen LogP contribution in [-0.2, 0) is 12.8 Å². The van der Waals surface area contributed by atoms with Crippen LogP contribution in [0.1, 0.15) is 44.9 Å². The number of fused-ring (bicyclic) bond motifs is 2. The molecule has 0 unspecified atom stereocenters. The molecule has 0 fully saturated rings. The van der Waals surface area contributed by atoms with Gasteiger partial charge < -0.3 is 14.8 Å². The van der Waals surface area contributed by atoms with Crippen molar-refractivity contribution in [1.29, 1.82) is 0 Å². The van der Waals surface area contributed by atoms with Crippen LogP contribution in [0, 0.1) is 0 Å². The van der Waals surface area contributed by atoms with E-state index < -0.39 is 11.9 Å². The molecule has 0 saturated heterocycles. The Morgan fingerprint density at radius 3 is 2.63 bits per heavy atom. The molecule has 0 atom stereocenters. The number of carboxylic acids is 1. The number of aryl methyl sites for hydroxylation is 1. The lowest BCUT2D eigenvalue weighted by Gasteiger charge is -2.14. The summed E-state index contributed by atoms with van der Waals surface area (Å²) in [6, 6.07) is 10.9. The first kappa shape index (κ1) is 17.0. The number of carbonyl (C=O) groups is 2. The molecule has 2 N–H and O–H groups in total. The van der Waals surface area contributed by atoms with Gasteiger partial charge in [-0.1, -0.05) is 12.1 Å². The molecule has 3 aromatic rings. The highest BCUT2D eigenvalue weighted by Crippen LogP contribution is 2.24. The molecule has 4 rings (SSSR count). The molecule has 0 radical (unpaired) electrons. The summed E-state index contributed by atoms with van der Waals surface area (Å²) >= 11 is 0. The van der Waals surface area contributed by atoms with Crippen molar-refractivity contribution in [2.24, 2.45) is 0 Å². The number of nitrogens with one attached hydrogen (secondary N) is 1. The van der Waals surface area contributed by atoms with Gasteiger partial charge in [-0.05, 0) is 49.6 Å². The molecule has 1 aliphatic carbocycles. The zero-order chi connectivity index (χ0) is 19.0. The average molecular weight is 363 g/mol. The molecule has 1 amide bonds. The lowest BCUT2D eigenvalue weighted by atomic mass is 9.95. The van der Waals surface area contributed by atoms with Gasteiger partial charge in [0.15, 0.2) is 5.43 Å². The molecule has 6 heteroatoms. The molecule has 0 saturated carbocycles. The Kier molecular flexibility index (Phi) is 4.24. The van der Waals surface area contributed by atoms with E-state index in [1.54, 1.807) is 24.3 Å². The van der Waals surface area contributed by atoms with Crippen LogP contribution in [0.2, 0.25) is 0 Å². The summed E-state index contributed by atoms with van der Waals surface area (Å²) in [5, 5.41) is 12.2. The number of aromatic carboxylic acids is 1. The van der Waals surface area contributed by atoms with Crippen LogP contribution >= 0.6 is 0 Å². The smallest absolute Gasteiger partial charge is 0.337 e. The van der Waals surface area contributed by atoms with Gasteiger partial charge in [-0.2, -0.15) is 0 Å². The largest absolute Gasteiger partial charge is 0.478 e. The normalized spacial score (nSPS) is 13.2. The minimum absolute atomic E-state index is 0.000206. The maximum Gasteiger partial charge on any atom is 0.337 e. The van der Waals surface area contributed by atoms with Gasteiger partial charge in [0.05, 0.1) is 16.6 Å². The van der Waals surface area contributed by atoms with Crippen molar-refractivity contribution in [2.45, 2.75) is 25.7 Å². The first-order valence-electron chi connectivity index (χ1n) is 8.77. The number of para-hydroxylation sites is 1. The summed E-state index contributed by atoms with van der Waals surface area (Å²) in [4.78, 5) is 36.7. The highest BCUT2D eigenvalue weighted by molar-refractivity contribution is 6.08. The number of carboxylic acid groups (broad SMARTS) is 1. The van der Waals surface area contributed by atoms with Gasteiger partial charge in [0.25, 0.3) is 5.91 Å². The fourth-order valence-corrected chi connectivity index (χ4v) is 3.44. The van der Waals surface area contributed by atoms with Gasteiger partial charge in [0, 0.05) is 17.5 Å². The molecule has 27 heavy (non-hydrogen) atoms. The van der Waals surface area contributed by atoms with E-state index in [2.05, 4.69) is 5.32 Å². The first-order valence-corrected chi connectivity index (χ1v) is 8.77. The summed E-state index contributed by atoms with van der Waals surface area (Å²) in [7, 11) is 0. The third-order valence-corrected chi connectivity index (χ3v) is 4.82. The lowest BCUT2D eigenvalue weighted by Crippen LogP contribution is -2.18. The van der Waals surface area contributed by atoms with E-state index in [4.69, 9.17) is 4.42 Å². The van der Waals surface area contributed by atoms with Crippen molar-refractivity contribution in [3.8, 4) is 0 Å². The fourth-order valence-electron chi connectivity index (χ4n) is 3.44. The van der Waals surface area contributed by atoms with Crippen molar-refractivity contribution >= 4 is 28.5 Å². The fraction of sp³-hybridized carbons (Fsp3) is 0.190. The second-order valence-corrected chi connectivity index (χ2v) is 6.56. The molecule has 0 spiro atoms. The minimum Gasteiger partial charge on any atom is -0.478 e. The summed E-state index contributed by atoms with van der Waals surface area (Å²) in [5.74, 6) is -0.870. The Bertz CT molecular complexity index is 1130. The number of hydrogen-bond donors (Lipinski definition) is 2. The highest BCUT2D eigenvalue weighted by Gasteiger charge is 2.19. The van der Waals surface area contributed by atoms with Crippen LogP contribution in [-0.4, -0.2) is 17.0 Å². The SMILES string of the molecule is O=C(Nc1ccccc1C(=O)O)c1ccc2oc3c(c(=O)c2c1)CCCC3. The Balaban J connectivity index is 1.72. The third kappa shape index (κ3) is 3.10. The minimum atomic E-state index is -1.13. The monoisotopic (exact) mass is 363 g/mol. The average Bonchev–Trinajstić information content (AvgIpc) is 2.68. The number of anilines is 1. The van der Waals surface area contributed by atoms with E-state index in [9.17, 15) is 19.5 Å². The van der Waals surface area contributed by atoms with E-state index in [-0.39, 0.29) is 22.2 Å². The van der Waals surface area contributed by atoms with Gasteiger partial charge in [0.2, 0.25) is 0 Å². The zero-order valence-electron chi connectivity index (χ0n) is 14.5. The first-order chi connectivity index (χ1) is 13.0. The van der Waals surface area contributed by atoms with Crippen LogP contribution in [0.25, 0.3) is 11.0 Å². The molecule has 0 bridgehead atoms. The molecular weight excluding hydrogens is 346 g/mol. The molecule has 1 heterocycles. The maximum absolute atomic E-state index is 12.8. The van der Waals surface area contributed by atoms with Crippen molar-refractivity contribution in [3.63, 3.8) is 0 Å². The van der Waals surface area contributed by atoms with Gasteiger partial charge >= 0.3 is 5.97 Å². The van der Waals surface area contributed by atoms with E-state index in [1.165, 1.54) is 18.2 Å². The quantitative estimate of drug-likeness (QED) is 0.741. The Labute approximate surface area is 154 Å². The standard InChI is InChI=1S/C21H17NO5/c23-19-14-6-2-4-8-17(14)27-18-10-9-12(11-15(18)19)20(24)22-16-7-3-1-5-13(16)21(25)26/h1,3,5,7,9-11H,2,4,6,8H2,(H,22,24)(H,25,26). The van der Waals surface area contributed by atoms with E-state index in [1.807, 2.05) is 0 Å². The Hall–Kier alpha value is -3.41. The number of hydrogen-bond acceptors (Lipinski definition) is 4. The van der Waals surface area contributed by atoms with Crippen LogP contribution in [0.5, 0.6) is 0 Å². The third-order valence-electron chi connectivity index (χ3n) is 4.82. The van der Waals surface area contributed by atoms with Crippen molar-refractivity contribution in [1.82, 2.24) is 0 Å². The van der Waals surface area contributed by atoms with E-state index in [0.717, 1.165) is 25.0 Å². The van der Waals surface area contributed by atoms with Crippen LogP contribution in [0.3, 0.4) is 0 Å². The maximum atomic E-state index is 12.8. The number of rotatable bonds is 3. The van der Waals surface area contributed by atoms with E-state index >= 15 is 0 Å². The summed E-state index contributed by atoms with van der Waals surface area (Å²) in [6.45, 7) is 0. The van der Waals surface area contributed by atoms with Gasteiger partial charge in [0.1, 0.15) is 11.3 Å². The number of amides is 1. The second kappa shape index (κ2) is 6.72. The van der Waals surface area contributed by atoms with Crippen LogP contribution in [0.15, 0.2) is 51.7 Å². The van der Waals surface area contributed by atoms with Gasteiger partial charge in [-0.15, -0.1) is 0 Å². The zero-order valence-corrected chi connectivity index (χ0v) is 14.5. The molecular formula is C21H17NO5. The summed E-state index contributed by atoms with van der Waals surface area (Å²) in [6.07, 6.45) is 3.41. The molecule has 1 aromatic heterocycles. The lowest BCUT2D eigenvalue weighted by molar-refractivity contribution is 0.0698. The highest BCUT2D eigenvalue weighted by atomic mass is 16.4.